The Morgan fingerprint density at radius 2 is 0.540 bits per heavy atom. The molecule has 8 heterocycles. The molecule has 8 aromatic heterocycles. The Morgan fingerprint density at radius 3 is 1.02 bits per heavy atom. The van der Waals surface area contributed by atoms with Gasteiger partial charge in [0.25, 0.3) is 0 Å². The fourth-order valence-electron chi connectivity index (χ4n) is 20.6. The molecule has 10 heteroatoms. The summed E-state index contributed by atoms with van der Waals surface area (Å²) in [6.45, 7) is 0. The maximum Gasteiger partial charge on any atom is 0.135 e. The molecule has 0 saturated heterocycles. The second-order valence-electron chi connectivity index (χ2n) is 33.0. The molecule has 0 radical (unpaired) electrons. The predicted molar refractivity (Wildman–Crippen MR) is 528 cm³/mol. The van der Waals surface area contributed by atoms with E-state index in [0.717, 1.165) is 122 Å². The van der Waals surface area contributed by atoms with Crippen LogP contribution in [0, 0.1) is 0 Å². The number of rotatable bonds is 8. The van der Waals surface area contributed by atoms with Crippen LogP contribution in [0.4, 0.5) is 0 Å². The lowest BCUT2D eigenvalue weighted by atomic mass is 10.0. The molecule has 0 fully saturated rings. The first-order chi connectivity index (χ1) is 62.5. The van der Waals surface area contributed by atoms with Gasteiger partial charge in [0.1, 0.15) is 11.2 Å². The van der Waals surface area contributed by atoms with E-state index in [1.54, 1.807) is 0 Å². The minimum atomic E-state index is 0.834. The molecular weight excluding hydrogens is 1550 g/mol. The van der Waals surface area contributed by atoms with E-state index in [9.17, 15) is 0 Å². The molecule has 0 aliphatic heterocycles. The van der Waals surface area contributed by atoms with Crippen molar-refractivity contribution in [2.75, 3.05) is 0 Å². The van der Waals surface area contributed by atoms with E-state index < -0.39 is 0 Å². The van der Waals surface area contributed by atoms with Crippen molar-refractivity contribution in [2.24, 2.45) is 0 Å². The third-order valence-electron chi connectivity index (χ3n) is 26.1. The molecule has 28 rings (SSSR count). The van der Waals surface area contributed by atoms with E-state index in [0.29, 0.717) is 0 Å². The van der Waals surface area contributed by atoms with Crippen molar-refractivity contribution in [3.8, 4) is 67.8 Å². The summed E-state index contributed by atoms with van der Waals surface area (Å²) in [6.07, 6.45) is 0. The second-order valence-corrected chi connectivity index (χ2v) is 34.1. The van der Waals surface area contributed by atoms with Crippen LogP contribution in [0.3, 0.4) is 0 Å². The van der Waals surface area contributed by atoms with Crippen LogP contribution < -0.4 is 0 Å². The lowest BCUT2D eigenvalue weighted by Gasteiger charge is -2.16. The number of hydrogen-bond donors (Lipinski definition) is 0. The van der Waals surface area contributed by atoms with Gasteiger partial charge in [-0.3, -0.25) is 0 Å². The normalized spacial score (nSPS) is 12.1. The molecule has 0 aliphatic carbocycles. The zero-order valence-electron chi connectivity index (χ0n) is 67.7. The smallest absolute Gasteiger partial charge is 0.135 e. The predicted octanol–water partition coefficient (Wildman–Crippen LogP) is 31.2. The third-order valence-corrected chi connectivity index (χ3v) is 27.3. The van der Waals surface area contributed by atoms with Crippen LogP contribution in [0.5, 0.6) is 0 Å². The van der Waals surface area contributed by atoms with Gasteiger partial charge in [0.2, 0.25) is 0 Å². The van der Waals surface area contributed by atoms with Crippen molar-refractivity contribution in [2.45, 2.75) is 0 Å². The molecule has 0 atom stereocenters. The fraction of sp³-hybridized carbons (Fsp3) is 0. The van der Waals surface area contributed by atoms with E-state index in [1.807, 2.05) is 59.9 Å². The average Bonchev–Trinajstić information content (AvgIpc) is 1.55. The number of fused-ring (bicyclic) bond motifs is 26. The van der Waals surface area contributed by atoms with Crippen molar-refractivity contribution in [1.29, 1.82) is 0 Å². The van der Waals surface area contributed by atoms with Gasteiger partial charge in [-0.15, -0.1) is 11.3 Å². The van der Waals surface area contributed by atoms with Gasteiger partial charge < -0.3 is 22.7 Å². The van der Waals surface area contributed by atoms with Crippen molar-refractivity contribution in [1.82, 2.24) is 38.2 Å². The maximum atomic E-state index is 6.21. The highest BCUT2D eigenvalue weighted by Crippen LogP contribution is 2.50. The van der Waals surface area contributed by atoms with E-state index in [4.69, 9.17) is 24.4 Å². The number of benzene rings is 20. The largest absolute Gasteiger partial charge is 0.456 e. The van der Waals surface area contributed by atoms with Gasteiger partial charge in [0.15, 0.2) is 0 Å². The fourth-order valence-corrected chi connectivity index (χ4v) is 21.7. The van der Waals surface area contributed by atoms with Crippen LogP contribution in [0.25, 0.3) is 262 Å². The molecule has 0 bridgehead atoms. The highest BCUT2D eigenvalue weighted by atomic mass is 32.1. The summed E-state index contributed by atoms with van der Waals surface area (Å²) >= 11 is 1.83. The van der Waals surface area contributed by atoms with Gasteiger partial charge in [0.05, 0.1) is 100 Å². The molecule has 0 amide bonds. The van der Waals surface area contributed by atoms with Gasteiger partial charge in [-0.2, -0.15) is 0 Å². The molecule has 584 valence electrons. The zero-order chi connectivity index (χ0) is 82.3. The monoisotopic (exact) mass is 1620 g/mol. The molecule has 0 unspecified atom stereocenters. The van der Waals surface area contributed by atoms with Gasteiger partial charge in [0, 0.05) is 129 Å². The molecule has 28 aromatic rings. The quantitative estimate of drug-likeness (QED) is 0.151. The summed E-state index contributed by atoms with van der Waals surface area (Å²) in [5, 5.41) is 24.3. The second kappa shape index (κ2) is 27.4. The number of thiophene rings is 1. The Labute approximate surface area is 723 Å². The molecule has 9 nitrogen and oxygen atoms in total. The third kappa shape index (κ3) is 10.5. The minimum absolute atomic E-state index is 0.834. The molecule has 0 aliphatic rings. The van der Waals surface area contributed by atoms with Crippen LogP contribution in [0.1, 0.15) is 0 Å². The minimum Gasteiger partial charge on any atom is -0.456 e. The summed E-state index contributed by atoms with van der Waals surface area (Å²) in [6, 6.07) is 149. The molecule has 0 saturated carbocycles. The van der Waals surface area contributed by atoms with E-state index >= 15 is 0 Å². The van der Waals surface area contributed by atoms with Gasteiger partial charge in [-0.05, 0) is 149 Å². The summed E-state index contributed by atoms with van der Waals surface area (Å²) < 4.78 is 18.7. The van der Waals surface area contributed by atoms with Crippen LogP contribution in [0.15, 0.2) is 417 Å². The lowest BCUT2D eigenvalue weighted by Crippen LogP contribution is -1.99. The van der Waals surface area contributed by atoms with Crippen LogP contribution in [-0.4, -0.2) is 38.2 Å². The first kappa shape index (κ1) is 70.1. The average molecular weight is 1620 g/mol. The first-order valence-electron chi connectivity index (χ1n) is 42.8. The Balaban J connectivity index is 0.000000131. The SMILES string of the molecule is c1ccc2c(-n3c4ccccc4c4ccc5ccccc5c43)c3c4ccccc4n(-c4ccc(-c5nc6ccccc6nc5-c5ccc6oc7ccccc7c6c5)cc4)c3cc2c1.c1ccc2c(-n3c4ccccc4c4ccc5ccccc5c43)c3c4ccccc4n(-c4ccc(-c5nc6ccccc6nc5-c5ccc6sc7ccccc7c6c5)cc4)c3cc2c1. The maximum absolute atomic E-state index is 6.21. The first-order valence-corrected chi connectivity index (χ1v) is 43.6. The Kier molecular flexibility index (Phi) is 15.3. The van der Waals surface area contributed by atoms with Gasteiger partial charge >= 0.3 is 0 Å². The molecule has 20 aromatic carbocycles. The number of hydrogen-bond acceptors (Lipinski definition) is 6. The van der Waals surface area contributed by atoms with Crippen molar-refractivity contribution in [3.05, 3.63) is 413 Å². The van der Waals surface area contributed by atoms with Crippen molar-refractivity contribution >= 4 is 206 Å². The Morgan fingerprint density at radius 1 is 0.198 bits per heavy atom. The van der Waals surface area contributed by atoms with E-state index in [2.05, 4.69) is 382 Å². The van der Waals surface area contributed by atoms with Crippen molar-refractivity contribution < 1.29 is 4.42 Å². The van der Waals surface area contributed by atoms with Gasteiger partial charge in [-0.25, -0.2) is 19.9 Å². The topological polar surface area (TPSA) is 84.4 Å². The van der Waals surface area contributed by atoms with Crippen LogP contribution in [-0.2, 0) is 0 Å². The number of nitrogens with zero attached hydrogens (tertiary/aromatic N) is 8. The molecule has 0 spiro atoms. The van der Waals surface area contributed by atoms with Gasteiger partial charge in [-0.1, -0.05) is 285 Å². The highest BCUT2D eigenvalue weighted by Gasteiger charge is 2.28. The Bertz CT molecular complexity index is 8970. The number of furan rings is 1. The summed E-state index contributed by atoms with van der Waals surface area (Å²) in [4.78, 5) is 21.2. The Hall–Kier alpha value is -16.7. The molecular formula is C116H68N8OS. The highest BCUT2D eigenvalue weighted by molar-refractivity contribution is 7.25. The molecule has 0 N–H and O–H groups in total. The lowest BCUT2D eigenvalue weighted by molar-refractivity contribution is 0.669. The van der Waals surface area contributed by atoms with E-state index in [1.165, 1.54) is 140 Å². The summed E-state index contributed by atoms with van der Waals surface area (Å²) in [5.74, 6) is 0. The summed E-state index contributed by atoms with van der Waals surface area (Å²) in [7, 11) is 0. The number of aromatic nitrogens is 8. The summed E-state index contributed by atoms with van der Waals surface area (Å²) in [5.41, 5.74) is 26.7. The zero-order valence-corrected chi connectivity index (χ0v) is 68.5. The molecule has 126 heavy (non-hydrogen) atoms. The van der Waals surface area contributed by atoms with Crippen LogP contribution >= 0.6 is 11.3 Å². The van der Waals surface area contributed by atoms with Crippen molar-refractivity contribution in [3.63, 3.8) is 0 Å². The van der Waals surface area contributed by atoms with Crippen LogP contribution in [0.2, 0.25) is 0 Å². The standard InChI is InChI=1S/C58H34N4O.C58H34N4S/c2*1-3-15-40-35(13-1)27-31-44-42-17-5-10-22-49(42)62(57(40)44)58-41-16-4-2-14-37(41)34-51-54(58)45-19-6-11-23-50(45)61(51)39-29-25-36(26-30-39)55-56(60-48-21-9-8-20-47(48)59-55)38-28-32-53-46(33-38)43-18-7-12-24-52(43)63-53/h2*1-34H. The number of para-hydroxylation sites is 9. The van der Waals surface area contributed by atoms with E-state index in [-0.39, 0.29) is 0 Å².